The lowest BCUT2D eigenvalue weighted by molar-refractivity contribution is 0.329. The first-order valence-electron chi connectivity index (χ1n) is 7.07. The maximum absolute atomic E-state index is 13.3. The number of nitrogens with zero attached hydrogens (tertiary/aromatic N) is 2. The molecule has 4 nitrogen and oxygen atoms in total. The van der Waals surface area contributed by atoms with E-state index in [9.17, 15) is 4.39 Å². The summed E-state index contributed by atoms with van der Waals surface area (Å²) < 4.78 is 18.7. The predicted molar refractivity (Wildman–Crippen MR) is 71.7 cm³/mol. The van der Waals surface area contributed by atoms with Gasteiger partial charge in [-0.05, 0) is 49.9 Å². The first-order valence-corrected chi connectivity index (χ1v) is 7.07. The van der Waals surface area contributed by atoms with Crippen LogP contribution >= 0.6 is 0 Å². The Morgan fingerprint density at radius 3 is 2.95 bits per heavy atom. The van der Waals surface area contributed by atoms with E-state index in [-0.39, 0.29) is 5.82 Å². The fourth-order valence-electron chi connectivity index (χ4n) is 3.38. The molecular weight excluding hydrogens is 257 g/mol. The van der Waals surface area contributed by atoms with Gasteiger partial charge in [-0.15, -0.1) is 0 Å². The van der Waals surface area contributed by atoms with Crippen LogP contribution in [0, 0.1) is 12.7 Å². The Morgan fingerprint density at radius 2 is 2.25 bits per heavy atom. The van der Waals surface area contributed by atoms with Crippen LogP contribution in [0.5, 0.6) is 0 Å². The summed E-state index contributed by atoms with van der Waals surface area (Å²) in [7, 11) is 0. The van der Waals surface area contributed by atoms with Gasteiger partial charge in [0.2, 0.25) is 11.7 Å². The third kappa shape index (κ3) is 1.85. The van der Waals surface area contributed by atoms with Crippen molar-refractivity contribution in [3.63, 3.8) is 0 Å². The van der Waals surface area contributed by atoms with Gasteiger partial charge < -0.3 is 9.84 Å². The molecule has 2 aliphatic rings. The quantitative estimate of drug-likeness (QED) is 0.914. The van der Waals surface area contributed by atoms with E-state index in [4.69, 9.17) is 4.52 Å². The lowest BCUT2D eigenvalue weighted by Crippen LogP contribution is -2.21. The van der Waals surface area contributed by atoms with Gasteiger partial charge in [0, 0.05) is 17.6 Å². The molecule has 2 aromatic rings. The van der Waals surface area contributed by atoms with Gasteiger partial charge in [-0.2, -0.15) is 4.98 Å². The molecule has 104 valence electrons. The van der Waals surface area contributed by atoms with Crippen LogP contribution in [-0.4, -0.2) is 22.2 Å². The maximum Gasteiger partial charge on any atom is 0.231 e. The van der Waals surface area contributed by atoms with Gasteiger partial charge in [0.25, 0.3) is 0 Å². The van der Waals surface area contributed by atoms with Gasteiger partial charge in [0.1, 0.15) is 5.82 Å². The zero-order chi connectivity index (χ0) is 13.7. The number of aromatic nitrogens is 2. The topological polar surface area (TPSA) is 51.0 Å². The lowest BCUT2D eigenvalue weighted by Gasteiger charge is -2.15. The fraction of sp³-hybridized carbons (Fsp3) is 0.467. The van der Waals surface area contributed by atoms with E-state index in [1.807, 2.05) is 0 Å². The van der Waals surface area contributed by atoms with E-state index in [1.165, 1.54) is 18.9 Å². The van der Waals surface area contributed by atoms with Crippen LogP contribution in [0.15, 0.2) is 22.7 Å². The Labute approximate surface area is 116 Å². The van der Waals surface area contributed by atoms with Crippen LogP contribution in [0.25, 0.3) is 11.4 Å². The van der Waals surface area contributed by atoms with Crippen molar-refractivity contribution in [2.24, 2.45) is 0 Å². The normalized spacial score (nSPS) is 28.2. The molecule has 3 heterocycles. The molecule has 1 N–H and O–H groups in total. The molecule has 0 amide bonds. The molecule has 3 unspecified atom stereocenters. The summed E-state index contributed by atoms with van der Waals surface area (Å²) in [4.78, 5) is 4.51. The van der Waals surface area contributed by atoms with Crippen molar-refractivity contribution < 1.29 is 8.91 Å². The highest BCUT2D eigenvalue weighted by atomic mass is 19.1. The van der Waals surface area contributed by atoms with Crippen molar-refractivity contribution in [2.45, 2.75) is 44.2 Å². The van der Waals surface area contributed by atoms with Crippen LogP contribution in [0.3, 0.4) is 0 Å². The van der Waals surface area contributed by atoms with E-state index in [1.54, 1.807) is 19.1 Å². The van der Waals surface area contributed by atoms with Crippen molar-refractivity contribution in [3.05, 3.63) is 35.5 Å². The van der Waals surface area contributed by atoms with Crippen molar-refractivity contribution in [2.75, 3.05) is 0 Å². The van der Waals surface area contributed by atoms with Crippen LogP contribution in [0.1, 0.15) is 36.6 Å². The Bertz CT molecular complexity index is 654. The van der Waals surface area contributed by atoms with Crippen LogP contribution < -0.4 is 5.32 Å². The van der Waals surface area contributed by atoms with Crippen LogP contribution in [0.2, 0.25) is 0 Å². The largest absolute Gasteiger partial charge is 0.339 e. The third-order valence-corrected chi connectivity index (χ3v) is 4.48. The zero-order valence-electron chi connectivity index (χ0n) is 11.3. The van der Waals surface area contributed by atoms with Gasteiger partial charge >= 0.3 is 0 Å². The Morgan fingerprint density at radius 1 is 1.35 bits per heavy atom. The SMILES string of the molecule is Cc1cc(-c2noc(C3CC4CCC3N4)n2)ccc1F. The molecule has 20 heavy (non-hydrogen) atoms. The first-order chi connectivity index (χ1) is 9.70. The van der Waals surface area contributed by atoms with Crippen molar-refractivity contribution in [3.8, 4) is 11.4 Å². The van der Waals surface area contributed by atoms with Crippen molar-refractivity contribution >= 4 is 0 Å². The molecule has 5 heteroatoms. The lowest BCUT2D eigenvalue weighted by atomic mass is 9.89. The van der Waals surface area contributed by atoms with E-state index >= 15 is 0 Å². The Balaban J connectivity index is 1.63. The monoisotopic (exact) mass is 273 g/mol. The summed E-state index contributed by atoms with van der Waals surface area (Å²) in [6.07, 6.45) is 3.51. The molecule has 0 aliphatic carbocycles. The van der Waals surface area contributed by atoms with Crippen LogP contribution in [-0.2, 0) is 0 Å². The number of rotatable bonds is 2. The number of hydrogen-bond donors (Lipinski definition) is 1. The number of aryl methyl sites for hydroxylation is 1. The smallest absolute Gasteiger partial charge is 0.231 e. The number of benzene rings is 1. The second-order valence-corrected chi connectivity index (χ2v) is 5.81. The minimum atomic E-state index is -0.213. The summed E-state index contributed by atoms with van der Waals surface area (Å²) in [5, 5.41) is 7.61. The van der Waals surface area contributed by atoms with E-state index in [2.05, 4.69) is 15.5 Å². The average molecular weight is 273 g/mol. The fourth-order valence-corrected chi connectivity index (χ4v) is 3.38. The van der Waals surface area contributed by atoms with Gasteiger partial charge in [-0.25, -0.2) is 4.39 Å². The van der Waals surface area contributed by atoms with Gasteiger partial charge in [0.15, 0.2) is 0 Å². The van der Waals surface area contributed by atoms with E-state index < -0.39 is 0 Å². The summed E-state index contributed by atoms with van der Waals surface area (Å²) in [5.41, 5.74) is 1.39. The minimum absolute atomic E-state index is 0.213. The third-order valence-electron chi connectivity index (χ3n) is 4.48. The molecule has 2 saturated heterocycles. The van der Waals surface area contributed by atoms with Gasteiger partial charge in [-0.1, -0.05) is 5.16 Å². The molecular formula is C15H16FN3O. The second-order valence-electron chi connectivity index (χ2n) is 5.81. The highest BCUT2D eigenvalue weighted by molar-refractivity contribution is 5.55. The highest BCUT2D eigenvalue weighted by Crippen LogP contribution is 2.39. The van der Waals surface area contributed by atoms with Gasteiger partial charge in [-0.3, -0.25) is 0 Å². The zero-order valence-corrected chi connectivity index (χ0v) is 11.3. The Kier molecular flexibility index (Phi) is 2.63. The van der Waals surface area contributed by atoms with E-state index in [0.29, 0.717) is 35.3 Å². The average Bonchev–Trinajstić information content (AvgIpc) is 3.16. The van der Waals surface area contributed by atoms with Crippen molar-refractivity contribution in [1.82, 2.24) is 15.5 Å². The first kappa shape index (κ1) is 12.0. The highest BCUT2D eigenvalue weighted by Gasteiger charge is 2.42. The molecule has 3 atom stereocenters. The molecule has 0 spiro atoms. The van der Waals surface area contributed by atoms with Gasteiger partial charge in [0.05, 0.1) is 5.92 Å². The summed E-state index contributed by atoms with van der Waals surface area (Å²) >= 11 is 0. The Hall–Kier alpha value is -1.75. The predicted octanol–water partition coefficient (Wildman–Crippen LogP) is 2.79. The number of halogens is 1. The molecule has 2 aliphatic heterocycles. The molecule has 1 aromatic carbocycles. The number of nitrogens with one attached hydrogen (secondary N) is 1. The molecule has 1 aromatic heterocycles. The molecule has 2 fully saturated rings. The molecule has 0 radical (unpaired) electrons. The van der Waals surface area contributed by atoms with Crippen LogP contribution in [0.4, 0.5) is 4.39 Å². The molecule has 2 bridgehead atoms. The summed E-state index contributed by atoms with van der Waals surface area (Å²) in [6.45, 7) is 1.74. The maximum atomic E-state index is 13.3. The summed E-state index contributed by atoms with van der Waals surface area (Å²) in [5.74, 6) is 1.37. The molecule has 4 rings (SSSR count). The standard InChI is InChI=1S/C15H16FN3O/c1-8-6-9(2-4-12(8)16)14-18-15(20-19-14)11-7-10-3-5-13(11)17-10/h2,4,6,10-11,13,17H,3,5,7H2,1H3. The second kappa shape index (κ2) is 4.38. The van der Waals surface area contributed by atoms with Crippen molar-refractivity contribution in [1.29, 1.82) is 0 Å². The van der Waals surface area contributed by atoms with E-state index in [0.717, 1.165) is 12.0 Å². The number of hydrogen-bond acceptors (Lipinski definition) is 4. The molecule has 0 saturated carbocycles. The number of fused-ring (bicyclic) bond motifs is 2. The summed E-state index contributed by atoms with van der Waals surface area (Å²) in [6, 6.07) is 5.97. The minimum Gasteiger partial charge on any atom is -0.339 e.